The highest BCUT2D eigenvalue weighted by molar-refractivity contribution is 7.71. The monoisotopic (exact) mass is 383 g/mol. The van der Waals surface area contributed by atoms with Crippen molar-refractivity contribution in [3.8, 4) is 17.2 Å². The average Bonchev–Trinajstić information content (AvgIpc) is 3.07. The lowest BCUT2D eigenvalue weighted by molar-refractivity contribution is -0.939. The van der Waals surface area contributed by atoms with Crippen molar-refractivity contribution in [1.82, 2.24) is 14.3 Å². The SMILES string of the molecule is COc1cc2c(cc1OC)C[NH+](Cn1ncn(-c3ccccc3)c1=S)CC2. The molecule has 2 heterocycles. The second-order valence-corrected chi connectivity index (χ2v) is 7.04. The van der Waals surface area contributed by atoms with Gasteiger partial charge in [0.25, 0.3) is 0 Å². The summed E-state index contributed by atoms with van der Waals surface area (Å²) >= 11 is 5.64. The molecule has 1 unspecified atom stereocenters. The third kappa shape index (κ3) is 3.48. The number of quaternary nitrogens is 1. The summed E-state index contributed by atoms with van der Waals surface area (Å²) in [6.07, 6.45) is 2.79. The van der Waals surface area contributed by atoms with Gasteiger partial charge >= 0.3 is 0 Å². The first-order valence-corrected chi connectivity index (χ1v) is 9.37. The van der Waals surface area contributed by atoms with Gasteiger partial charge < -0.3 is 14.4 Å². The van der Waals surface area contributed by atoms with E-state index >= 15 is 0 Å². The predicted molar refractivity (Wildman–Crippen MR) is 105 cm³/mol. The summed E-state index contributed by atoms with van der Waals surface area (Å²) < 4.78 is 15.4. The molecule has 1 aliphatic heterocycles. The number of hydrogen-bond acceptors (Lipinski definition) is 4. The molecule has 0 aliphatic carbocycles. The molecule has 140 valence electrons. The molecule has 0 fully saturated rings. The molecule has 1 atom stereocenters. The van der Waals surface area contributed by atoms with E-state index in [1.165, 1.54) is 16.0 Å². The molecule has 1 aromatic heterocycles. The largest absolute Gasteiger partial charge is 0.493 e. The van der Waals surface area contributed by atoms with Crippen molar-refractivity contribution in [2.24, 2.45) is 0 Å². The molecular weight excluding hydrogens is 360 g/mol. The Morgan fingerprint density at radius 2 is 1.78 bits per heavy atom. The van der Waals surface area contributed by atoms with Gasteiger partial charge in [0, 0.05) is 17.7 Å². The Hall–Kier alpha value is -2.64. The van der Waals surface area contributed by atoms with Crippen molar-refractivity contribution in [3.05, 3.63) is 64.7 Å². The van der Waals surface area contributed by atoms with E-state index in [9.17, 15) is 0 Å². The van der Waals surface area contributed by atoms with Crippen molar-refractivity contribution in [3.63, 3.8) is 0 Å². The lowest BCUT2D eigenvalue weighted by atomic mass is 9.99. The van der Waals surface area contributed by atoms with E-state index in [1.54, 1.807) is 20.5 Å². The highest BCUT2D eigenvalue weighted by Crippen LogP contribution is 2.31. The molecule has 0 amide bonds. The molecule has 0 saturated carbocycles. The van der Waals surface area contributed by atoms with Gasteiger partial charge in [-0.25, -0.2) is 0 Å². The number of rotatable bonds is 5. The molecule has 1 N–H and O–H groups in total. The number of nitrogens with one attached hydrogen (secondary N) is 1. The lowest BCUT2D eigenvalue weighted by Crippen LogP contribution is -3.11. The zero-order valence-electron chi connectivity index (χ0n) is 15.5. The first kappa shape index (κ1) is 17.8. The molecule has 1 aliphatic rings. The van der Waals surface area contributed by atoms with Gasteiger partial charge in [-0.2, -0.15) is 9.78 Å². The van der Waals surface area contributed by atoms with Crippen molar-refractivity contribution in [2.45, 2.75) is 19.6 Å². The van der Waals surface area contributed by atoms with Gasteiger partial charge in [-0.3, -0.25) is 4.57 Å². The maximum absolute atomic E-state index is 5.64. The van der Waals surface area contributed by atoms with Gasteiger partial charge in [0.1, 0.15) is 12.9 Å². The highest BCUT2D eigenvalue weighted by atomic mass is 32.1. The second kappa shape index (κ2) is 7.54. The van der Waals surface area contributed by atoms with Crippen LogP contribution in [0.25, 0.3) is 5.69 Å². The topological polar surface area (TPSA) is 45.6 Å². The van der Waals surface area contributed by atoms with Crippen molar-refractivity contribution in [1.29, 1.82) is 0 Å². The summed E-state index contributed by atoms with van der Waals surface area (Å²) in [6.45, 7) is 2.69. The summed E-state index contributed by atoms with van der Waals surface area (Å²) in [4.78, 5) is 1.42. The molecule has 0 radical (unpaired) electrons. The minimum atomic E-state index is 0.715. The normalized spacial score (nSPS) is 16.0. The van der Waals surface area contributed by atoms with Crippen LogP contribution in [0.4, 0.5) is 0 Å². The Bertz CT molecular complexity index is 997. The molecule has 4 rings (SSSR count). The van der Waals surface area contributed by atoms with Crippen LogP contribution in [0.5, 0.6) is 11.5 Å². The van der Waals surface area contributed by atoms with Crippen LogP contribution in [0.15, 0.2) is 48.8 Å². The molecule has 0 saturated heterocycles. The third-order valence-electron chi connectivity index (χ3n) is 5.04. The number of hydrogen-bond donors (Lipinski definition) is 1. The highest BCUT2D eigenvalue weighted by Gasteiger charge is 2.23. The quantitative estimate of drug-likeness (QED) is 0.685. The van der Waals surface area contributed by atoms with Crippen molar-refractivity contribution < 1.29 is 14.4 Å². The maximum atomic E-state index is 5.64. The van der Waals surface area contributed by atoms with E-state index in [0.717, 1.165) is 43.4 Å². The van der Waals surface area contributed by atoms with Crippen LogP contribution in [-0.4, -0.2) is 35.1 Å². The van der Waals surface area contributed by atoms with Gasteiger partial charge in [-0.05, 0) is 42.0 Å². The average molecular weight is 383 g/mol. The number of ether oxygens (including phenoxy) is 2. The van der Waals surface area contributed by atoms with E-state index in [0.29, 0.717) is 4.77 Å². The number of fused-ring (bicyclic) bond motifs is 1. The fourth-order valence-electron chi connectivity index (χ4n) is 3.59. The molecule has 7 heteroatoms. The molecule has 0 bridgehead atoms. The predicted octanol–water partition coefficient (Wildman–Crippen LogP) is 2.02. The fourth-order valence-corrected chi connectivity index (χ4v) is 3.85. The van der Waals surface area contributed by atoms with Crippen LogP contribution in [0, 0.1) is 4.77 Å². The van der Waals surface area contributed by atoms with Gasteiger partial charge in [-0.15, -0.1) is 0 Å². The Morgan fingerprint density at radius 3 is 2.48 bits per heavy atom. The third-order valence-corrected chi connectivity index (χ3v) is 5.44. The number of benzene rings is 2. The summed E-state index contributed by atoms with van der Waals surface area (Å²) in [5.74, 6) is 1.57. The van der Waals surface area contributed by atoms with Gasteiger partial charge in [0.15, 0.2) is 18.2 Å². The Labute approximate surface area is 163 Å². The van der Waals surface area contributed by atoms with Gasteiger partial charge in [0.05, 0.1) is 20.8 Å². The first-order chi connectivity index (χ1) is 13.2. The minimum absolute atomic E-state index is 0.715. The van der Waals surface area contributed by atoms with Crippen LogP contribution >= 0.6 is 12.2 Å². The number of nitrogens with zero attached hydrogens (tertiary/aromatic N) is 3. The fraction of sp³-hybridized carbons (Fsp3) is 0.300. The molecular formula is C20H23N4O2S+. The minimum Gasteiger partial charge on any atom is -0.493 e. The molecule has 6 nitrogen and oxygen atoms in total. The van der Waals surface area contributed by atoms with Crippen LogP contribution in [0.1, 0.15) is 11.1 Å². The smallest absolute Gasteiger partial charge is 0.207 e. The van der Waals surface area contributed by atoms with E-state index < -0.39 is 0 Å². The summed E-state index contributed by atoms with van der Waals surface area (Å²) in [5, 5.41) is 4.51. The molecule has 0 spiro atoms. The number of aromatic nitrogens is 3. The van der Waals surface area contributed by atoms with Crippen LogP contribution in [0.3, 0.4) is 0 Å². The van der Waals surface area contributed by atoms with Crippen molar-refractivity contribution in [2.75, 3.05) is 20.8 Å². The van der Waals surface area contributed by atoms with E-state index in [4.69, 9.17) is 21.7 Å². The Kier molecular flexibility index (Phi) is 4.96. The molecule has 27 heavy (non-hydrogen) atoms. The van der Waals surface area contributed by atoms with E-state index in [1.807, 2.05) is 39.6 Å². The van der Waals surface area contributed by atoms with E-state index in [-0.39, 0.29) is 0 Å². The maximum Gasteiger partial charge on any atom is 0.207 e. The van der Waals surface area contributed by atoms with Gasteiger partial charge in [0.2, 0.25) is 4.77 Å². The van der Waals surface area contributed by atoms with Gasteiger partial charge in [-0.1, -0.05) is 18.2 Å². The zero-order valence-corrected chi connectivity index (χ0v) is 16.3. The summed E-state index contributed by atoms with van der Waals surface area (Å²) in [7, 11) is 3.35. The number of para-hydroxylation sites is 1. The standard InChI is InChI=1S/C20H22N4O2S/c1-25-18-10-15-8-9-22(12-16(15)11-19(18)26-2)14-24-20(27)23(13-21-24)17-6-4-3-5-7-17/h3-7,10-11,13H,8-9,12,14H2,1-2H3/p+1. The Morgan fingerprint density at radius 1 is 1.07 bits per heavy atom. The van der Waals surface area contributed by atoms with Crippen LogP contribution in [0.2, 0.25) is 0 Å². The molecule has 2 aromatic carbocycles. The van der Waals surface area contributed by atoms with E-state index in [2.05, 4.69) is 17.2 Å². The van der Waals surface area contributed by atoms with Crippen molar-refractivity contribution >= 4 is 12.2 Å². The first-order valence-electron chi connectivity index (χ1n) is 8.97. The zero-order chi connectivity index (χ0) is 18.8. The lowest BCUT2D eigenvalue weighted by Gasteiger charge is -2.26. The summed E-state index contributed by atoms with van der Waals surface area (Å²) in [5.41, 5.74) is 3.65. The summed E-state index contributed by atoms with van der Waals surface area (Å²) in [6, 6.07) is 14.3. The van der Waals surface area contributed by atoms with Crippen LogP contribution < -0.4 is 14.4 Å². The molecule has 3 aromatic rings. The second-order valence-electron chi connectivity index (χ2n) is 6.68. The Balaban J connectivity index is 1.54. The number of methoxy groups -OCH3 is 2. The van der Waals surface area contributed by atoms with Crippen LogP contribution in [-0.2, 0) is 19.6 Å².